The zero-order valence-corrected chi connectivity index (χ0v) is 6.81. The molecule has 0 aromatic heterocycles. The highest BCUT2D eigenvalue weighted by Crippen LogP contribution is 2.09. The molecule has 0 spiro atoms. The van der Waals surface area contributed by atoms with Crippen molar-refractivity contribution in [3.8, 4) is 0 Å². The Morgan fingerprint density at radius 2 is 1.45 bits per heavy atom. The number of aliphatic hydroxyl groups excluding tert-OH is 4. The Balaban J connectivity index is 3.90. The fourth-order valence-electron chi connectivity index (χ4n) is 0.730. The van der Waals surface area contributed by atoms with Gasteiger partial charge in [-0.15, -0.1) is 0 Å². The molecule has 0 aliphatic carbocycles. The average molecular weight is 164 g/mol. The average Bonchev–Trinajstić information content (AvgIpc) is 2.00. The Kier molecular flexibility index (Phi) is 4.60. The highest BCUT2D eigenvalue weighted by Gasteiger charge is 2.25. The Labute approximate surface area is 66.1 Å². The Morgan fingerprint density at radius 1 is 1.00 bits per heavy atom. The highest BCUT2D eigenvalue weighted by molar-refractivity contribution is 4.75. The largest absolute Gasteiger partial charge is 0.396 e. The molecule has 4 heteroatoms. The summed E-state index contributed by atoms with van der Waals surface area (Å²) in [4.78, 5) is 0. The lowest BCUT2D eigenvalue weighted by molar-refractivity contribution is -0.0790. The molecule has 68 valence electrons. The maximum absolute atomic E-state index is 9.19. The molecular formula is C7H16O4. The quantitative estimate of drug-likeness (QED) is 0.417. The maximum Gasteiger partial charge on any atom is 0.106 e. The highest BCUT2D eigenvalue weighted by atomic mass is 16.4. The van der Waals surface area contributed by atoms with Crippen LogP contribution in [0.2, 0.25) is 0 Å². The first-order valence-electron chi connectivity index (χ1n) is 3.65. The summed E-state index contributed by atoms with van der Waals surface area (Å²) < 4.78 is 0. The number of aliphatic hydroxyl groups is 4. The van der Waals surface area contributed by atoms with E-state index >= 15 is 0 Å². The van der Waals surface area contributed by atoms with Crippen LogP contribution in [-0.2, 0) is 0 Å². The molecule has 0 heterocycles. The van der Waals surface area contributed by atoms with Crippen LogP contribution in [0, 0.1) is 5.92 Å². The molecule has 0 fully saturated rings. The Morgan fingerprint density at radius 3 is 1.73 bits per heavy atom. The number of rotatable bonds is 4. The zero-order chi connectivity index (χ0) is 9.02. The van der Waals surface area contributed by atoms with Gasteiger partial charge in [-0.05, 0) is 6.92 Å². The summed E-state index contributed by atoms with van der Waals surface area (Å²) in [7, 11) is 0. The molecule has 0 aliphatic rings. The van der Waals surface area contributed by atoms with Gasteiger partial charge in [0.2, 0.25) is 0 Å². The molecule has 0 aromatic rings. The summed E-state index contributed by atoms with van der Waals surface area (Å²) in [6.07, 6.45) is -3.23. The van der Waals surface area contributed by atoms with Gasteiger partial charge in [-0.2, -0.15) is 0 Å². The van der Waals surface area contributed by atoms with E-state index in [1.165, 1.54) is 6.92 Å². The summed E-state index contributed by atoms with van der Waals surface area (Å²) in [5.41, 5.74) is 0. The van der Waals surface area contributed by atoms with E-state index in [9.17, 15) is 5.11 Å². The van der Waals surface area contributed by atoms with Gasteiger partial charge in [-0.25, -0.2) is 0 Å². The van der Waals surface area contributed by atoms with Crippen LogP contribution in [0.1, 0.15) is 13.8 Å². The second kappa shape index (κ2) is 4.66. The van der Waals surface area contributed by atoms with E-state index in [1.807, 2.05) is 0 Å². The topological polar surface area (TPSA) is 80.9 Å². The Bertz CT molecular complexity index is 105. The fraction of sp³-hybridized carbons (Fsp3) is 1.00. The maximum atomic E-state index is 9.19. The van der Waals surface area contributed by atoms with Gasteiger partial charge >= 0.3 is 0 Å². The third-order valence-electron chi connectivity index (χ3n) is 1.72. The summed E-state index contributed by atoms with van der Waals surface area (Å²) in [6, 6.07) is 0. The minimum atomic E-state index is -1.18. The number of hydrogen-bond donors (Lipinski definition) is 4. The van der Waals surface area contributed by atoms with E-state index in [4.69, 9.17) is 15.3 Å². The molecular weight excluding hydrogens is 148 g/mol. The van der Waals surface area contributed by atoms with Crippen molar-refractivity contribution in [1.29, 1.82) is 0 Å². The summed E-state index contributed by atoms with van der Waals surface area (Å²) in [5, 5.41) is 35.7. The molecule has 4 atom stereocenters. The molecule has 0 radical (unpaired) electrons. The number of hydrogen-bond acceptors (Lipinski definition) is 4. The second-order valence-electron chi connectivity index (χ2n) is 2.88. The molecule has 0 aliphatic heterocycles. The summed E-state index contributed by atoms with van der Waals surface area (Å²) in [6.45, 7) is 2.78. The summed E-state index contributed by atoms with van der Waals surface area (Å²) in [5.74, 6) is -0.417. The molecule has 11 heavy (non-hydrogen) atoms. The lowest BCUT2D eigenvalue weighted by atomic mass is 9.98. The normalized spacial score (nSPS) is 22.4. The van der Waals surface area contributed by atoms with Gasteiger partial charge in [-0.3, -0.25) is 0 Å². The van der Waals surface area contributed by atoms with Crippen LogP contribution in [0.4, 0.5) is 0 Å². The molecule has 0 bridgehead atoms. The van der Waals surface area contributed by atoms with Gasteiger partial charge in [0.15, 0.2) is 0 Å². The first kappa shape index (κ1) is 10.8. The van der Waals surface area contributed by atoms with Crippen molar-refractivity contribution in [1.82, 2.24) is 0 Å². The van der Waals surface area contributed by atoms with Crippen LogP contribution < -0.4 is 0 Å². The van der Waals surface area contributed by atoms with Crippen molar-refractivity contribution >= 4 is 0 Å². The lowest BCUT2D eigenvalue weighted by Gasteiger charge is -2.24. The van der Waals surface area contributed by atoms with Crippen molar-refractivity contribution in [2.75, 3.05) is 6.61 Å². The van der Waals surface area contributed by atoms with E-state index in [0.29, 0.717) is 0 Å². The van der Waals surface area contributed by atoms with Crippen LogP contribution >= 0.6 is 0 Å². The van der Waals surface area contributed by atoms with Crippen molar-refractivity contribution < 1.29 is 20.4 Å². The molecule has 0 rings (SSSR count). The van der Waals surface area contributed by atoms with Crippen molar-refractivity contribution in [3.63, 3.8) is 0 Å². The van der Waals surface area contributed by atoms with Crippen LogP contribution in [0.3, 0.4) is 0 Å². The van der Waals surface area contributed by atoms with E-state index < -0.39 is 24.2 Å². The smallest absolute Gasteiger partial charge is 0.106 e. The van der Waals surface area contributed by atoms with Crippen molar-refractivity contribution in [3.05, 3.63) is 0 Å². The molecule has 0 aromatic carbocycles. The van der Waals surface area contributed by atoms with Crippen LogP contribution in [-0.4, -0.2) is 45.3 Å². The van der Waals surface area contributed by atoms with Gasteiger partial charge in [0.25, 0.3) is 0 Å². The first-order chi connectivity index (χ1) is 5.00. The van der Waals surface area contributed by atoms with E-state index in [2.05, 4.69) is 0 Å². The molecule has 0 saturated carbocycles. The van der Waals surface area contributed by atoms with E-state index in [0.717, 1.165) is 0 Å². The second-order valence-corrected chi connectivity index (χ2v) is 2.88. The van der Waals surface area contributed by atoms with Gasteiger partial charge < -0.3 is 20.4 Å². The van der Waals surface area contributed by atoms with E-state index in [1.54, 1.807) is 6.92 Å². The predicted molar refractivity (Wildman–Crippen MR) is 39.9 cm³/mol. The van der Waals surface area contributed by atoms with Gasteiger partial charge in [0.1, 0.15) is 6.10 Å². The standard InChI is InChI=1S/C7H16O4/c1-4(3-8)6(10)7(11)5(2)9/h4-11H,3H2,1-2H3. The lowest BCUT2D eigenvalue weighted by Crippen LogP contribution is -2.40. The molecule has 4 unspecified atom stereocenters. The van der Waals surface area contributed by atoms with E-state index in [-0.39, 0.29) is 6.61 Å². The minimum Gasteiger partial charge on any atom is -0.396 e. The van der Waals surface area contributed by atoms with Gasteiger partial charge in [0, 0.05) is 12.5 Å². The molecule has 0 amide bonds. The Hall–Kier alpha value is -0.160. The van der Waals surface area contributed by atoms with Crippen LogP contribution in [0.25, 0.3) is 0 Å². The monoisotopic (exact) mass is 164 g/mol. The molecule has 0 saturated heterocycles. The molecule has 4 N–H and O–H groups in total. The molecule has 4 nitrogen and oxygen atoms in total. The fourth-order valence-corrected chi connectivity index (χ4v) is 0.730. The van der Waals surface area contributed by atoms with Crippen LogP contribution in [0.15, 0.2) is 0 Å². The third-order valence-corrected chi connectivity index (χ3v) is 1.72. The van der Waals surface area contributed by atoms with Crippen LogP contribution in [0.5, 0.6) is 0 Å². The predicted octanol–water partition coefficient (Wildman–Crippen LogP) is -1.28. The minimum absolute atomic E-state index is 0.203. The summed E-state index contributed by atoms with van der Waals surface area (Å²) >= 11 is 0. The van der Waals surface area contributed by atoms with Crippen molar-refractivity contribution in [2.45, 2.75) is 32.2 Å². The van der Waals surface area contributed by atoms with Gasteiger partial charge in [-0.1, -0.05) is 6.92 Å². The third kappa shape index (κ3) is 3.16. The zero-order valence-electron chi connectivity index (χ0n) is 6.81. The van der Waals surface area contributed by atoms with Crippen molar-refractivity contribution in [2.24, 2.45) is 5.92 Å². The first-order valence-corrected chi connectivity index (χ1v) is 3.65. The van der Waals surface area contributed by atoms with Gasteiger partial charge in [0.05, 0.1) is 12.2 Å². The SMILES string of the molecule is CC(O)C(O)C(O)C(C)CO.